The van der Waals surface area contributed by atoms with Gasteiger partial charge in [0, 0.05) is 14.2 Å². The van der Waals surface area contributed by atoms with Crippen LogP contribution in [0, 0.1) is 0 Å². The third kappa shape index (κ3) is 3.26. The summed E-state index contributed by atoms with van der Waals surface area (Å²) < 4.78 is 29.2. The fraction of sp³-hybridized carbons (Fsp3) is 0.583. The Morgan fingerprint density at radius 3 is 2.80 bits per heavy atom. The second-order valence-electron chi connectivity index (χ2n) is 5.18. The maximum Gasteiger partial charge on any atom is 0.389 e. The maximum atomic E-state index is 12.4. The van der Waals surface area contributed by atoms with Gasteiger partial charge in [-0.25, -0.2) is 14.5 Å². The van der Waals surface area contributed by atoms with Crippen LogP contribution in [0.25, 0.3) is 11.2 Å². The molecular formula is C12H17N4O7PS. The fourth-order valence-electron chi connectivity index (χ4n) is 2.59. The number of fused-ring (bicyclic) bond motifs is 1. The zero-order valence-electron chi connectivity index (χ0n) is 13.3. The first-order valence-corrected chi connectivity index (χ1v) is 10.2. The molecule has 0 unspecified atom stereocenters. The van der Waals surface area contributed by atoms with E-state index in [4.69, 9.17) is 13.8 Å². The van der Waals surface area contributed by atoms with Crippen molar-refractivity contribution in [3.05, 3.63) is 23.0 Å². The SMILES string of the molecule is COP(=O)(OC)S[C@H]1[C@@H](O)[C@H](n2cnc3c(=O)[nH]cnc32)O[C@@H]1CO. The summed E-state index contributed by atoms with van der Waals surface area (Å²) in [6, 6.07) is 0. The van der Waals surface area contributed by atoms with Crippen LogP contribution in [0.5, 0.6) is 0 Å². The Labute approximate surface area is 145 Å². The number of ether oxygens (including phenoxy) is 1. The number of nitrogens with zero attached hydrogens (tertiary/aromatic N) is 3. The Hall–Kier alpha value is -1.27. The average molecular weight is 392 g/mol. The molecule has 4 atom stereocenters. The van der Waals surface area contributed by atoms with E-state index in [9.17, 15) is 19.6 Å². The first-order valence-electron chi connectivity index (χ1n) is 7.18. The van der Waals surface area contributed by atoms with Gasteiger partial charge in [0.15, 0.2) is 17.4 Å². The van der Waals surface area contributed by atoms with Crippen molar-refractivity contribution >= 4 is 29.3 Å². The number of aliphatic hydroxyl groups is 2. The second-order valence-corrected chi connectivity index (χ2v) is 9.53. The van der Waals surface area contributed by atoms with E-state index in [-0.39, 0.29) is 11.2 Å². The Balaban J connectivity index is 1.94. The van der Waals surface area contributed by atoms with Crippen molar-refractivity contribution < 1.29 is 28.6 Å². The number of aromatic amines is 1. The van der Waals surface area contributed by atoms with Gasteiger partial charge in [-0.3, -0.25) is 9.36 Å². The molecule has 0 aromatic carbocycles. The minimum Gasteiger partial charge on any atom is -0.394 e. The molecule has 0 spiro atoms. The van der Waals surface area contributed by atoms with Crippen LogP contribution in [-0.4, -0.2) is 68.0 Å². The third-order valence-electron chi connectivity index (χ3n) is 3.83. The van der Waals surface area contributed by atoms with Crippen molar-refractivity contribution in [2.75, 3.05) is 20.8 Å². The number of aliphatic hydroxyl groups excluding tert-OH is 2. The van der Waals surface area contributed by atoms with Crippen LogP contribution in [-0.2, 0) is 18.3 Å². The summed E-state index contributed by atoms with van der Waals surface area (Å²) >= 11 is 0.759. The Morgan fingerprint density at radius 2 is 2.16 bits per heavy atom. The van der Waals surface area contributed by atoms with Gasteiger partial charge in [0.1, 0.15) is 6.10 Å². The van der Waals surface area contributed by atoms with Gasteiger partial charge >= 0.3 is 6.80 Å². The summed E-state index contributed by atoms with van der Waals surface area (Å²) in [5, 5.41) is 19.4. The summed E-state index contributed by atoms with van der Waals surface area (Å²) in [5.74, 6) is 0. The van der Waals surface area contributed by atoms with Gasteiger partial charge in [-0.1, -0.05) is 0 Å². The molecule has 0 bridgehead atoms. The number of H-pyrrole nitrogens is 1. The maximum absolute atomic E-state index is 12.4. The standard InChI is InChI=1S/C12H17N4O7PS/c1-21-24(20,22-2)25-9-6(3-17)23-12(8(9)18)16-5-15-7-10(16)13-4-14-11(7)19/h4-6,8-9,12,17-18H,3H2,1-2H3,(H,13,14,19)/t6-,8-,9-,12-/m1/s1. The zero-order chi connectivity index (χ0) is 18.2. The normalized spacial score (nSPS) is 27.2. The summed E-state index contributed by atoms with van der Waals surface area (Å²) in [7, 11) is 2.45. The van der Waals surface area contributed by atoms with E-state index in [2.05, 4.69) is 15.0 Å². The van der Waals surface area contributed by atoms with Crippen LogP contribution in [0.4, 0.5) is 0 Å². The first-order chi connectivity index (χ1) is 11.9. The van der Waals surface area contributed by atoms with Crippen molar-refractivity contribution in [2.45, 2.75) is 23.7 Å². The van der Waals surface area contributed by atoms with Gasteiger partial charge in [-0.15, -0.1) is 0 Å². The lowest BCUT2D eigenvalue weighted by Crippen LogP contribution is -2.30. The molecular weight excluding hydrogens is 375 g/mol. The van der Waals surface area contributed by atoms with Crippen LogP contribution < -0.4 is 5.56 Å². The number of rotatable bonds is 6. The van der Waals surface area contributed by atoms with E-state index in [1.807, 2.05) is 0 Å². The summed E-state index contributed by atoms with van der Waals surface area (Å²) in [5.41, 5.74) is -0.115. The van der Waals surface area contributed by atoms with Crippen molar-refractivity contribution in [3.8, 4) is 0 Å². The van der Waals surface area contributed by atoms with Gasteiger partial charge in [-0.2, -0.15) is 0 Å². The second kappa shape index (κ2) is 7.16. The molecule has 3 rings (SSSR count). The summed E-state index contributed by atoms with van der Waals surface area (Å²) in [6.45, 7) is -3.92. The van der Waals surface area contributed by atoms with Crippen LogP contribution >= 0.6 is 18.2 Å². The highest BCUT2D eigenvalue weighted by molar-refractivity contribution is 8.55. The van der Waals surface area contributed by atoms with Crippen molar-refractivity contribution in [3.63, 3.8) is 0 Å². The highest BCUT2D eigenvalue weighted by atomic mass is 32.7. The minimum absolute atomic E-state index is 0.0920. The Kier molecular flexibility index (Phi) is 5.30. The lowest BCUT2D eigenvalue weighted by molar-refractivity contribution is -0.0486. The van der Waals surface area contributed by atoms with Gasteiger partial charge < -0.3 is 29.0 Å². The largest absolute Gasteiger partial charge is 0.394 e. The van der Waals surface area contributed by atoms with Gasteiger partial charge in [0.2, 0.25) is 0 Å². The van der Waals surface area contributed by atoms with E-state index >= 15 is 0 Å². The van der Waals surface area contributed by atoms with Crippen molar-refractivity contribution in [2.24, 2.45) is 0 Å². The molecule has 138 valence electrons. The number of nitrogens with one attached hydrogen (secondary N) is 1. The van der Waals surface area contributed by atoms with Gasteiger partial charge in [0.05, 0.1) is 30.6 Å². The van der Waals surface area contributed by atoms with E-state index in [1.54, 1.807) is 0 Å². The Morgan fingerprint density at radius 1 is 1.44 bits per heavy atom. The molecule has 1 saturated heterocycles. The fourth-order valence-corrected chi connectivity index (χ4v) is 5.94. The van der Waals surface area contributed by atoms with E-state index in [1.165, 1.54) is 31.4 Å². The van der Waals surface area contributed by atoms with Crippen LogP contribution in [0.15, 0.2) is 17.4 Å². The molecule has 3 heterocycles. The molecule has 0 radical (unpaired) electrons. The molecule has 0 aliphatic carbocycles. The lowest BCUT2D eigenvalue weighted by atomic mass is 10.2. The molecule has 3 N–H and O–H groups in total. The molecule has 13 heteroatoms. The summed E-state index contributed by atoms with van der Waals surface area (Å²) in [4.78, 5) is 22.2. The van der Waals surface area contributed by atoms with E-state index < -0.39 is 42.6 Å². The van der Waals surface area contributed by atoms with E-state index in [0.29, 0.717) is 0 Å². The average Bonchev–Trinajstić information content (AvgIpc) is 3.17. The lowest BCUT2D eigenvalue weighted by Gasteiger charge is -2.22. The molecule has 11 nitrogen and oxygen atoms in total. The molecule has 0 amide bonds. The van der Waals surface area contributed by atoms with Crippen LogP contribution in [0.3, 0.4) is 0 Å². The van der Waals surface area contributed by atoms with E-state index in [0.717, 1.165) is 11.4 Å². The molecule has 25 heavy (non-hydrogen) atoms. The molecule has 1 aliphatic rings. The number of hydrogen-bond donors (Lipinski definition) is 3. The van der Waals surface area contributed by atoms with Crippen LogP contribution in [0.2, 0.25) is 0 Å². The molecule has 1 fully saturated rings. The highest BCUT2D eigenvalue weighted by Gasteiger charge is 2.49. The molecule has 0 saturated carbocycles. The molecule has 2 aromatic rings. The van der Waals surface area contributed by atoms with Crippen molar-refractivity contribution in [1.29, 1.82) is 0 Å². The van der Waals surface area contributed by atoms with Crippen molar-refractivity contribution in [1.82, 2.24) is 19.5 Å². The van der Waals surface area contributed by atoms with Gasteiger partial charge in [-0.05, 0) is 11.4 Å². The number of imidazole rings is 1. The quantitative estimate of drug-likeness (QED) is 0.568. The predicted octanol–water partition coefficient (Wildman–Crippen LogP) is -0.127. The topological polar surface area (TPSA) is 149 Å². The highest BCUT2D eigenvalue weighted by Crippen LogP contribution is 2.63. The van der Waals surface area contributed by atoms with Crippen LogP contribution in [0.1, 0.15) is 6.23 Å². The van der Waals surface area contributed by atoms with Gasteiger partial charge in [0.25, 0.3) is 5.56 Å². The predicted molar refractivity (Wildman–Crippen MR) is 88.2 cm³/mol. The number of aromatic nitrogens is 4. The molecule has 1 aliphatic heterocycles. The monoisotopic (exact) mass is 392 g/mol. The smallest absolute Gasteiger partial charge is 0.389 e. The number of hydrogen-bond acceptors (Lipinski definition) is 10. The minimum atomic E-state index is -3.51. The Bertz CT molecular complexity index is 849. The zero-order valence-corrected chi connectivity index (χ0v) is 15.0. The third-order valence-corrected chi connectivity index (χ3v) is 8.20. The first kappa shape index (κ1) is 18.5. The summed E-state index contributed by atoms with van der Waals surface area (Å²) in [6.07, 6.45) is -0.461. The molecule has 2 aromatic heterocycles.